The second-order valence-electron chi connectivity index (χ2n) is 8.23. The van der Waals surface area contributed by atoms with Crippen LogP contribution in [-0.2, 0) is 6.54 Å². The smallest absolute Gasteiger partial charge is 0.275 e. The van der Waals surface area contributed by atoms with Crippen molar-refractivity contribution in [2.24, 2.45) is 5.92 Å². The summed E-state index contributed by atoms with van der Waals surface area (Å²) in [5.41, 5.74) is 1.23. The van der Waals surface area contributed by atoms with Crippen LogP contribution in [-0.4, -0.2) is 53.9 Å². The molecule has 7 heteroatoms. The van der Waals surface area contributed by atoms with Crippen LogP contribution in [0.15, 0.2) is 53.3 Å². The third-order valence-corrected chi connectivity index (χ3v) is 5.60. The first-order chi connectivity index (χ1) is 15.0. The number of fused-ring (bicyclic) bond motifs is 1. The van der Waals surface area contributed by atoms with Gasteiger partial charge in [-0.25, -0.2) is 4.68 Å². The van der Waals surface area contributed by atoms with Gasteiger partial charge in [0.25, 0.3) is 11.5 Å². The minimum absolute atomic E-state index is 0.131. The Hall–Kier alpha value is -3.35. The molecule has 1 aliphatic rings. The van der Waals surface area contributed by atoms with Crippen molar-refractivity contribution in [1.29, 1.82) is 0 Å². The van der Waals surface area contributed by atoms with Gasteiger partial charge in [0, 0.05) is 38.1 Å². The number of ether oxygens (including phenoxy) is 1. The standard InChI is InChI=1S/C24H28N4O3/c1-17(2)16-28-23(29)19-9-5-4-8-18(19)22(25-28)24(30)27-14-12-26(13-15-27)20-10-6-7-11-21(20)31-3/h4-11,17H,12-16H2,1-3H3. The van der Waals surface area contributed by atoms with Gasteiger partial charge in [-0.1, -0.05) is 44.2 Å². The van der Waals surface area contributed by atoms with E-state index < -0.39 is 0 Å². The Bertz CT molecular complexity index is 1150. The Labute approximate surface area is 181 Å². The summed E-state index contributed by atoms with van der Waals surface area (Å²) in [6.07, 6.45) is 0. The number of rotatable bonds is 5. The van der Waals surface area contributed by atoms with E-state index in [-0.39, 0.29) is 17.4 Å². The number of amides is 1. The Morgan fingerprint density at radius 3 is 2.32 bits per heavy atom. The van der Waals surface area contributed by atoms with Crippen molar-refractivity contribution in [1.82, 2.24) is 14.7 Å². The summed E-state index contributed by atoms with van der Waals surface area (Å²) < 4.78 is 6.92. The predicted molar refractivity (Wildman–Crippen MR) is 122 cm³/mol. The summed E-state index contributed by atoms with van der Waals surface area (Å²) in [6.45, 7) is 7.10. The van der Waals surface area contributed by atoms with Crippen molar-refractivity contribution in [2.75, 3.05) is 38.2 Å². The van der Waals surface area contributed by atoms with Crippen LogP contribution in [0.1, 0.15) is 24.3 Å². The largest absolute Gasteiger partial charge is 0.495 e. The van der Waals surface area contributed by atoms with Crippen LogP contribution in [0.4, 0.5) is 5.69 Å². The molecule has 0 atom stereocenters. The highest BCUT2D eigenvalue weighted by molar-refractivity contribution is 6.04. The molecule has 0 saturated carbocycles. The van der Waals surface area contributed by atoms with Gasteiger partial charge in [-0.3, -0.25) is 9.59 Å². The third kappa shape index (κ3) is 4.13. The lowest BCUT2D eigenvalue weighted by atomic mass is 10.1. The van der Waals surface area contributed by atoms with E-state index in [1.54, 1.807) is 13.2 Å². The van der Waals surface area contributed by atoms with Crippen molar-refractivity contribution >= 4 is 22.4 Å². The van der Waals surface area contributed by atoms with Crippen molar-refractivity contribution in [3.63, 3.8) is 0 Å². The van der Waals surface area contributed by atoms with E-state index in [1.807, 2.05) is 61.2 Å². The number of piperazine rings is 1. The molecule has 2 heterocycles. The summed E-state index contributed by atoms with van der Waals surface area (Å²) in [7, 11) is 1.67. The van der Waals surface area contributed by atoms with Gasteiger partial charge in [-0.05, 0) is 24.1 Å². The zero-order chi connectivity index (χ0) is 22.0. The second kappa shape index (κ2) is 8.79. The highest BCUT2D eigenvalue weighted by atomic mass is 16.5. The molecule has 3 aromatic rings. The number of benzene rings is 2. The summed E-state index contributed by atoms with van der Waals surface area (Å²) in [4.78, 5) is 30.3. The molecule has 0 aliphatic carbocycles. The van der Waals surface area contributed by atoms with Crippen molar-refractivity contribution in [3.05, 3.63) is 64.6 Å². The van der Waals surface area contributed by atoms with Gasteiger partial charge >= 0.3 is 0 Å². The molecule has 0 N–H and O–H groups in total. The van der Waals surface area contributed by atoms with Crippen molar-refractivity contribution < 1.29 is 9.53 Å². The Morgan fingerprint density at radius 1 is 1.00 bits per heavy atom. The first-order valence-corrected chi connectivity index (χ1v) is 10.7. The fourth-order valence-electron chi connectivity index (χ4n) is 4.05. The molecule has 162 valence electrons. The zero-order valence-corrected chi connectivity index (χ0v) is 18.2. The van der Waals surface area contributed by atoms with Crippen LogP contribution in [0.5, 0.6) is 5.75 Å². The molecular formula is C24H28N4O3. The molecule has 0 spiro atoms. The lowest BCUT2D eigenvalue weighted by molar-refractivity contribution is 0.0740. The monoisotopic (exact) mass is 420 g/mol. The van der Waals surface area contributed by atoms with Gasteiger partial charge in [-0.15, -0.1) is 0 Å². The average molecular weight is 421 g/mol. The van der Waals surface area contributed by atoms with Gasteiger partial charge in [0.05, 0.1) is 18.2 Å². The molecule has 7 nitrogen and oxygen atoms in total. The fraction of sp³-hybridized carbons (Fsp3) is 0.375. The maximum Gasteiger partial charge on any atom is 0.275 e. The number of methoxy groups -OCH3 is 1. The number of nitrogens with zero attached hydrogens (tertiary/aromatic N) is 4. The van der Waals surface area contributed by atoms with Crippen LogP contribution in [0.2, 0.25) is 0 Å². The molecule has 0 bridgehead atoms. The number of aromatic nitrogens is 2. The fourth-order valence-corrected chi connectivity index (χ4v) is 4.05. The number of anilines is 1. The minimum atomic E-state index is -0.151. The number of para-hydroxylation sites is 2. The summed E-state index contributed by atoms with van der Waals surface area (Å²) in [6, 6.07) is 15.2. The molecule has 1 fully saturated rings. The lowest BCUT2D eigenvalue weighted by Crippen LogP contribution is -2.49. The molecule has 2 aromatic carbocycles. The van der Waals surface area contributed by atoms with E-state index in [4.69, 9.17) is 4.74 Å². The number of hydrogen-bond donors (Lipinski definition) is 0. The molecule has 0 unspecified atom stereocenters. The summed E-state index contributed by atoms with van der Waals surface area (Å²) >= 11 is 0. The topological polar surface area (TPSA) is 67.7 Å². The molecule has 31 heavy (non-hydrogen) atoms. The van der Waals surface area contributed by atoms with Crippen LogP contribution in [0, 0.1) is 5.92 Å². The van der Waals surface area contributed by atoms with Gasteiger partial charge in [-0.2, -0.15) is 5.10 Å². The molecule has 1 amide bonds. The molecular weight excluding hydrogens is 392 g/mol. The Morgan fingerprint density at radius 2 is 1.65 bits per heavy atom. The molecule has 1 aromatic heterocycles. The molecule has 4 rings (SSSR count). The van der Waals surface area contributed by atoms with Gasteiger partial charge in [0.15, 0.2) is 5.69 Å². The predicted octanol–water partition coefficient (Wildman–Crippen LogP) is 3.02. The lowest BCUT2D eigenvalue weighted by Gasteiger charge is -2.36. The van der Waals surface area contributed by atoms with Crippen LogP contribution in [0.25, 0.3) is 10.8 Å². The minimum Gasteiger partial charge on any atom is -0.495 e. The Kier molecular flexibility index (Phi) is 5.93. The average Bonchev–Trinajstić information content (AvgIpc) is 2.80. The first kappa shape index (κ1) is 20.9. The zero-order valence-electron chi connectivity index (χ0n) is 18.2. The molecule has 1 saturated heterocycles. The van der Waals surface area contributed by atoms with Crippen molar-refractivity contribution in [3.8, 4) is 5.75 Å². The van der Waals surface area contributed by atoms with E-state index in [0.717, 1.165) is 11.4 Å². The first-order valence-electron chi connectivity index (χ1n) is 10.7. The summed E-state index contributed by atoms with van der Waals surface area (Å²) in [5, 5.41) is 5.65. The highest BCUT2D eigenvalue weighted by Crippen LogP contribution is 2.28. The van der Waals surface area contributed by atoms with E-state index >= 15 is 0 Å². The van der Waals surface area contributed by atoms with Gasteiger partial charge in [0.2, 0.25) is 0 Å². The third-order valence-electron chi connectivity index (χ3n) is 5.60. The van der Waals surface area contributed by atoms with Gasteiger partial charge < -0.3 is 14.5 Å². The normalized spacial score (nSPS) is 14.3. The van der Waals surface area contributed by atoms with Crippen molar-refractivity contribution in [2.45, 2.75) is 20.4 Å². The number of hydrogen-bond acceptors (Lipinski definition) is 5. The number of carbonyl (C=O) groups is 1. The Balaban J connectivity index is 1.60. The molecule has 0 radical (unpaired) electrons. The van der Waals surface area contributed by atoms with E-state index in [0.29, 0.717) is 49.2 Å². The van der Waals surface area contributed by atoms with E-state index in [2.05, 4.69) is 10.00 Å². The SMILES string of the molecule is COc1ccccc1N1CCN(C(=O)c2nn(CC(C)C)c(=O)c3ccccc23)CC1. The molecule has 1 aliphatic heterocycles. The van der Waals surface area contributed by atoms with Gasteiger partial charge in [0.1, 0.15) is 5.75 Å². The van der Waals surface area contributed by atoms with Crippen LogP contribution < -0.4 is 15.2 Å². The quantitative estimate of drug-likeness (QED) is 0.635. The van der Waals surface area contributed by atoms with E-state index in [9.17, 15) is 9.59 Å². The van der Waals surface area contributed by atoms with E-state index in [1.165, 1.54) is 4.68 Å². The second-order valence-corrected chi connectivity index (χ2v) is 8.23. The summed E-state index contributed by atoms with van der Waals surface area (Å²) in [5.74, 6) is 0.947. The van der Waals surface area contributed by atoms with Crippen LogP contribution >= 0.6 is 0 Å². The number of carbonyl (C=O) groups excluding carboxylic acids is 1. The maximum atomic E-state index is 13.4. The highest BCUT2D eigenvalue weighted by Gasteiger charge is 2.27. The maximum absolute atomic E-state index is 13.4. The van der Waals surface area contributed by atoms with Crippen LogP contribution in [0.3, 0.4) is 0 Å².